The molecule has 2 unspecified atom stereocenters. The van der Waals surface area contributed by atoms with Gasteiger partial charge in [-0.15, -0.1) is 0 Å². The molecule has 4 heteroatoms. The summed E-state index contributed by atoms with van der Waals surface area (Å²) in [5.74, 6) is 0.319. The van der Waals surface area contributed by atoms with E-state index < -0.39 is 5.82 Å². The molecule has 0 aromatic heterocycles. The maximum absolute atomic E-state index is 13.9. The lowest BCUT2D eigenvalue weighted by molar-refractivity contribution is 0.395. The van der Waals surface area contributed by atoms with Crippen LogP contribution in [0.1, 0.15) is 37.1 Å². The predicted molar refractivity (Wildman–Crippen MR) is 81.0 cm³/mol. The van der Waals surface area contributed by atoms with Crippen LogP contribution in [0, 0.1) is 5.82 Å². The van der Waals surface area contributed by atoms with Gasteiger partial charge in [-0.2, -0.15) is 0 Å². The lowest BCUT2D eigenvalue weighted by Crippen LogP contribution is -2.23. The molecule has 0 radical (unpaired) electrons. The van der Waals surface area contributed by atoms with E-state index in [9.17, 15) is 9.50 Å². The maximum atomic E-state index is 13.9. The summed E-state index contributed by atoms with van der Waals surface area (Å²) in [6.07, 6.45) is 0. The summed E-state index contributed by atoms with van der Waals surface area (Å²) < 4.78 is 19.2. The van der Waals surface area contributed by atoms with Crippen LogP contribution in [0.3, 0.4) is 0 Å². The van der Waals surface area contributed by atoms with Crippen molar-refractivity contribution in [3.8, 4) is 11.5 Å². The lowest BCUT2D eigenvalue weighted by atomic mass is 10.0. The molecule has 21 heavy (non-hydrogen) atoms. The molecule has 2 aromatic carbocycles. The molecule has 0 aliphatic heterocycles. The Balaban J connectivity index is 2.16. The van der Waals surface area contributed by atoms with Gasteiger partial charge in [0.2, 0.25) is 0 Å². The number of phenols is 1. The summed E-state index contributed by atoms with van der Waals surface area (Å²) in [6.45, 7) is 3.90. The first-order valence-corrected chi connectivity index (χ1v) is 6.90. The number of phenolic OH excluding ortho intramolecular Hbond substituents is 1. The fourth-order valence-electron chi connectivity index (χ4n) is 2.45. The second kappa shape index (κ2) is 6.59. The van der Waals surface area contributed by atoms with Gasteiger partial charge in [0, 0.05) is 29.3 Å². The smallest absolute Gasteiger partial charge is 0.131 e. The minimum absolute atomic E-state index is 0.00403. The Kier molecular flexibility index (Phi) is 4.81. The highest BCUT2D eigenvalue weighted by Crippen LogP contribution is 2.28. The van der Waals surface area contributed by atoms with Gasteiger partial charge in [0.05, 0.1) is 7.11 Å². The molecule has 2 atom stereocenters. The molecular formula is C17H20FNO2. The molecular weight excluding hydrogens is 269 g/mol. The number of hydrogen-bond acceptors (Lipinski definition) is 3. The zero-order valence-corrected chi connectivity index (χ0v) is 12.4. The Labute approximate surface area is 124 Å². The van der Waals surface area contributed by atoms with Crippen molar-refractivity contribution in [2.24, 2.45) is 0 Å². The third-order valence-electron chi connectivity index (χ3n) is 3.56. The van der Waals surface area contributed by atoms with Gasteiger partial charge in [-0.05, 0) is 26.0 Å². The van der Waals surface area contributed by atoms with Crippen molar-refractivity contribution in [3.05, 3.63) is 59.4 Å². The van der Waals surface area contributed by atoms with Gasteiger partial charge in [0.25, 0.3) is 0 Å². The number of nitrogens with one attached hydrogen (secondary N) is 1. The number of aromatic hydroxyl groups is 1. The first-order valence-electron chi connectivity index (χ1n) is 6.90. The van der Waals surface area contributed by atoms with Crippen LogP contribution in [0.4, 0.5) is 4.39 Å². The molecule has 2 rings (SSSR count). The number of methoxy groups -OCH3 is 1. The number of halogens is 1. The Morgan fingerprint density at radius 2 is 1.71 bits per heavy atom. The molecule has 0 amide bonds. The Bertz CT molecular complexity index is 615. The van der Waals surface area contributed by atoms with Crippen molar-refractivity contribution >= 4 is 0 Å². The van der Waals surface area contributed by atoms with Gasteiger partial charge in [0.15, 0.2) is 0 Å². The standard InChI is InChI=1S/C17H20FNO2/c1-11(14-9-8-13(20)10-16(14)18)19-12(2)15-6-4-5-7-17(15)21-3/h4-12,19-20H,1-3H3. The second-order valence-corrected chi connectivity index (χ2v) is 5.06. The average Bonchev–Trinajstić information content (AvgIpc) is 2.46. The molecule has 0 saturated heterocycles. The number of benzene rings is 2. The molecule has 0 fully saturated rings. The van der Waals surface area contributed by atoms with Crippen molar-refractivity contribution in [3.63, 3.8) is 0 Å². The third kappa shape index (κ3) is 3.52. The summed E-state index contributed by atoms with van der Waals surface area (Å²) in [5, 5.41) is 12.6. The Morgan fingerprint density at radius 3 is 2.38 bits per heavy atom. The van der Waals surface area contributed by atoms with Crippen molar-refractivity contribution in [2.75, 3.05) is 7.11 Å². The van der Waals surface area contributed by atoms with E-state index >= 15 is 0 Å². The predicted octanol–water partition coefficient (Wildman–Crippen LogP) is 3.95. The fourth-order valence-corrected chi connectivity index (χ4v) is 2.45. The van der Waals surface area contributed by atoms with Crippen LogP contribution in [0.15, 0.2) is 42.5 Å². The molecule has 3 nitrogen and oxygen atoms in total. The quantitative estimate of drug-likeness (QED) is 0.875. The number of rotatable bonds is 5. The van der Waals surface area contributed by atoms with Crippen molar-refractivity contribution in [2.45, 2.75) is 25.9 Å². The minimum atomic E-state index is -0.415. The van der Waals surface area contributed by atoms with Crippen LogP contribution in [-0.4, -0.2) is 12.2 Å². The number of ether oxygens (including phenoxy) is 1. The molecule has 0 aliphatic carbocycles. The van der Waals surface area contributed by atoms with Gasteiger partial charge in [0.1, 0.15) is 17.3 Å². The highest BCUT2D eigenvalue weighted by molar-refractivity contribution is 5.36. The molecule has 112 valence electrons. The molecule has 0 saturated carbocycles. The van der Waals surface area contributed by atoms with Gasteiger partial charge < -0.3 is 15.2 Å². The third-order valence-corrected chi connectivity index (χ3v) is 3.56. The van der Waals surface area contributed by atoms with Gasteiger partial charge in [-0.25, -0.2) is 4.39 Å². The maximum Gasteiger partial charge on any atom is 0.131 e. The molecule has 0 aliphatic rings. The van der Waals surface area contributed by atoms with E-state index in [-0.39, 0.29) is 17.8 Å². The van der Waals surface area contributed by atoms with Gasteiger partial charge >= 0.3 is 0 Å². The molecule has 0 bridgehead atoms. The van der Waals surface area contributed by atoms with Crippen LogP contribution in [0.5, 0.6) is 11.5 Å². The fraction of sp³-hybridized carbons (Fsp3) is 0.294. The van der Waals surface area contributed by atoms with E-state index in [1.54, 1.807) is 13.2 Å². The number of hydrogen-bond donors (Lipinski definition) is 2. The van der Waals surface area contributed by atoms with E-state index in [4.69, 9.17) is 4.74 Å². The molecule has 2 N–H and O–H groups in total. The van der Waals surface area contributed by atoms with Crippen LogP contribution < -0.4 is 10.1 Å². The normalized spacial score (nSPS) is 13.7. The largest absolute Gasteiger partial charge is 0.508 e. The highest BCUT2D eigenvalue weighted by atomic mass is 19.1. The van der Waals surface area contributed by atoms with E-state index in [0.29, 0.717) is 5.56 Å². The highest BCUT2D eigenvalue weighted by Gasteiger charge is 2.17. The summed E-state index contributed by atoms with van der Waals surface area (Å²) >= 11 is 0. The number of para-hydroxylation sites is 1. The first-order chi connectivity index (χ1) is 10.0. The van der Waals surface area contributed by atoms with E-state index in [0.717, 1.165) is 17.4 Å². The van der Waals surface area contributed by atoms with E-state index in [1.165, 1.54) is 6.07 Å². The molecule has 2 aromatic rings. The minimum Gasteiger partial charge on any atom is -0.508 e. The summed E-state index contributed by atoms with van der Waals surface area (Å²) in [7, 11) is 1.63. The van der Waals surface area contributed by atoms with Crippen molar-refractivity contribution in [1.29, 1.82) is 0 Å². The second-order valence-electron chi connectivity index (χ2n) is 5.06. The lowest BCUT2D eigenvalue weighted by Gasteiger charge is -2.22. The molecule has 0 spiro atoms. The van der Waals surface area contributed by atoms with Crippen molar-refractivity contribution in [1.82, 2.24) is 5.32 Å². The zero-order chi connectivity index (χ0) is 15.4. The van der Waals surface area contributed by atoms with Crippen LogP contribution in [-0.2, 0) is 0 Å². The van der Waals surface area contributed by atoms with Crippen LogP contribution in [0.25, 0.3) is 0 Å². The van der Waals surface area contributed by atoms with Gasteiger partial charge in [-0.3, -0.25) is 0 Å². The zero-order valence-electron chi connectivity index (χ0n) is 12.4. The molecule has 0 heterocycles. The monoisotopic (exact) mass is 289 g/mol. The summed E-state index contributed by atoms with van der Waals surface area (Å²) in [6, 6.07) is 11.8. The first kappa shape index (κ1) is 15.3. The van der Waals surface area contributed by atoms with E-state index in [1.807, 2.05) is 38.1 Å². The summed E-state index contributed by atoms with van der Waals surface area (Å²) in [4.78, 5) is 0. The average molecular weight is 289 g/mol. The Morgan fingerprint density at radius 1 is 1.05 bits per heavy atom. The topological polar surface area (TPSA) is 41.5 Å². The van der Waals surface area contributed by atoms with Crippen molar-refractivity contribution < 1.29 is 14.2 Å². The van der Waals surface area contributed by atoms with E-state index in [2.05, 4.69) is 5.32 Å². The Hall–Kier alpha value is -2.07. The van der Waals surface area contributed by atoms with Gasteiger partial charge in [-0.1, -0.05) is 24.3 Å². The summed E-state index contributed by atoms with van der Waals surface area (Å²) in [5.41, 5.74) is 1.54. The van der Waals surface area contributed by atoms with Crippen LogP contribution >= 0.6 is 0 Å². The SMILES string of the molecule is COc1ccccc1C(C)NC(C)c1ccc(O)cc1F. The van der Waals surface area contributed by atoms with Crippen LogP contribution in [0.2, 0.25) is 0 Å².